The molecule has 1 aromatic heterocycles. The minimum absolute atomic E-state index is 0.0635. The SMILES string of the molecule is Fc1ccc(F)c(-c2noc(C3=C(C4CCCC4)N(c4ccccc4F)NN3)n2)c1. The molecule has 0 atom stereocenters. The summed E-state index contributed by atoms with van der Waals surface area (Å²) in [5.41, 5.74) is 7.51. The molecule has 154 valence electrons. The van der Waals surface area contributed by atoms with E-state index in [1.54, 1.807) is 23.2 Å². The number of aromatic nitrogens is 2. The molecule has 1 aliphatic heterocycles. The minimum Gasteiger partial charge on any atom is -0.332 e. The monoisotopic (exact) mass is 413 g/mol. The smallest absolute Gasteiger partial charge is 0.277 e. The van der Waals surface area contributed by atoms with E-state index in [2.05, 4.69) is 21.1 Å². The molecule has 3 aromatic rings. The number of allylic oxidation sites excluding steroid dienone is 1. The van der Waals surface area contributed by atoms with Crippen LogP contribution in [0.2, 0.25) is 0 Å². The fourth-order valence-corrected chi connectivity index (χ4v) is 4.02. The second-order valence-corrected chi connectivity index (χ2v) is 7.31. The number of hydrazine groups is 2. The third-order valence-electron chi connectivity index (χ3n) is 5.43. The summed E-state index contributed by atoms with van der Waals surface area (Å²) in [7, 11) is 0. The normalized spacial score (nSPS) is 17.1. The molecule has 2 aliphatic rings. The van der Waals surface area contributed by atoms with Gasteiger partial charge >= 0.3 is 0 Å². The molecule has 9 heteroatoms. The van der Waals surface area contributed by atoms with Crippen molar-refractivity contribution in [3.05, 3.63) is 71.5 Å². The van der Waals surface area contributed by atoms with Gasteiger partial charge in [-0.2, -0.15) is 4.98 Å². The first-order valence-electron chi connectivity index (χ1n) is 9.72. The fraction of sp³-hybridized carbons (Fsp3) is 0.238. The second kappa shape index (κ2) is 7.49. The van der Waals surface area contributed by atoms with Crippen molar-refractivity contribution in [3.8, 4) is 11.4 Å². The molecule has 0 saturated heterocycles. The molecule has 0 bridgehead atoms. The van der Waals surface area contributed by atoms with Crippen LogP contribution in [0.15, 0.2) is 52.7 Å². The van der Waals surface area contributed by atoms with Gasteiger partial charge in [0.2, 0.25) is 5.82 Å². The Morgan fingerprint density at radius 1 is 1.00 bits per heavy atom. The Morgan fingerprint density at radius 2 is 1.80 bits per heavy atom. The summed E-state index contributed by atoms with van der Waals surface area (Å²) >= 11 is 0. The van der Waals surface area contributed by atoms with Gasteiger partial charge in [0.05, 0.1) is 16.9 Å². The summed E-state index contributed by atoms with van der Waals surface area (Å²) in [6.07, 6.45) is 4.01. The fourth-order valence-electron chi connectivity index (χ4n) is 4.02. The molecule has 0 amide bonds. The highest BCUT2D eigenvalue weighted by molar-refractivity contribution is 5.71. The second-order valence-electron chi connectivity index (χ2n) is 7.31. The summed E-state index contributed by atoms with van der Waals surface area (Å²) in [4.78, 5) is 4.27. The van der Waals surface area contributed by atoms with Gasteiger partial charge in [-0.1, -0.05) is 30.1 Å². The molecule has 0 radical (unpaired) electrons. The zero-order valence-electron chi connectivity index (χ0n) is 15.8. The number of rotatable bonds is 4. The number of nitrogens with one attached hydrogen (secondary N) is 2. The molecule has 1 saturated carbocycles. The standard InChI is InChI=1S/C21H18F3N5O/c22-13-9-10-15(23)14(11-13)20-25-21(30-27-20)18-19(12-5-1-2-6-12)29(28-26-18)17-8-4-3-7-16(17)24/h3-4,7-12,26,28H,1-2,5-6H2. The number of benzene rings is 2. The molecule has 2 aromatic carbocycles. The van der Waals surface area contributed by atoms with Gasteiger partial charge in [-0.25, -0.2) is 13.2 Å². The van der Waals surface area contributed by atoms with Crippen LogP contribution in [0.3, 0.4) is 0 Å². The number of nitrogens with zero attached hydrogens (tertiary/aromatic N) is 3. The molecule has 2 N–H and O–H groups in total. The van der Waals surface area contributed by atoms with Crippen LogP contribution in [0.5, 0.6) is 0 Å². The van der Waals surface area contributed by atoms with Gasteiger partial charge < -0.3 is 4.52 Å². The Hall–Kier alpha value is -3.33. The number of halogens is 3. The zero-order valence-corrected chi connectivity index (χ0v) is 15.8. The van der Waals surface area contributed by atoms with Crippen LogP contribution in [0.4, 0.5) is 18.9 Å². The summed E-state index contributed by atoms with van der Waals surface area (Å²) in [5, 5.41) is 5.47. The third kappa shape index (κ3) is 3.21. The Morgan fingerprint density at radius 3 is 2.60 bits per heavy atom. The topological polar surface area (TPSA) is 66.2 Å². The molecule has 30 heavy (non-hydrogen) atoms. The van der Waals surface area contributed by atoms with Crippen LogP contribution in [0.25, 0.3) is 17.1 Å². The van der Waals surface area contributed by atoms with E-state index in [0.29, 0.717) is 11.4 Å². The van der Waals surface area contributed by atoms with Crippen molar-refractivity contribution >= 4 is 11.4 Å². The zero-order chi connectivity index (χ0) is 20.7. The quantitative estimate of drug-likeness (QED) is 0.655. The van der Waals surface area contributed by atoms with E-state index in [1.165, 1.54) is 6.07 Å². The van der Waals surface area contributed by atoms with E-state index in [0.717, 1.165) is 49.6 Å². The van der Waals surface area contributed by atoms with Crippen LogP contribution in [-0.2, 0) is 0 Å². The summed E-state index contributed by atoms with van der Waals surface area (Å²) in [6.45, 7) is 0. The third-order valence-corrected chi connectivity index (χ3v) is 5.43. The van der Waals surface area contributed by atoms with Gasteiger partial charge in [-0.15, -0.1) is 5.53 Å². The van der Waals surface area contributed by atoms with Crippen molar-refractivity contribution in [2.24, 2.45) is 5.92 Å². The molecule has 0 unspecified atom stereocenters. The van der Waals surface area contributed by atoms with Crippen LogP contribution >= 0.6 is 0 Å². The highest BCUT2D eigenvalue weighted by Gasteiger charge is 2.35. The number of hydrogen-bond donors (Lipinski definition) is 2. The average molecular weight is 413 g/mol. The predicted octanol–water partition coefficient (Wildman–Crippen LogP) is 4.54. The molecule has 0 spiro atoms. The van der Waals surface area contributed by atoms with Gasteiger partial charge in [-0.05, 0) is 43.2 Å². The lowest BCUT2D eigenvalue weighted by atomic mass is 10.0. The van der Waals surface area contributed by atoms with Crippen LogP contribution in [0, 0.1) is 23.4 Å². The Labute approximate surface area is 170 Å². The first-order chi connectivity index (χ1) is 14.6. The van der Waals surface area contributed by atoms with Crippen molar-refractivity contribution in [2.75, 3.05) is 5.01 Å². The highest BCUT2D eigenvalue weighted by Crippen LogP contribution is 2.40. The van der Waals surface area contributed by atoms with E-state index in [9.17, 15) is 13.2 Å². The minimum atomic E-state index is -0.653. The molecule has 1 aliphatic carbocycles. The van der Waals surface area contributed by atoms with Gasteiger partial charge in [0, 0.05) is 5.92 Å². The van der Waals surface area contributed by atoms with Crippen LogP contribution < -0.4 is 16.0 Å². The van der Waals surface area contributed by atoms with Gasteiger partial charge in [-0.3, -0.25) is 10.4 Å². The maximum absolute atomic E-state index is 14.5. The average Bonchev–Trinajstić information content (AvgIpc) is 3.49. The van der Waals surface area contributed by atoms with E-state index in [1.807, 2.05) is 0 Å². The molecule has 6 nitrogen and oxygen atoms in total. The van der Waals surface area contributed by atoms with Crippen molar-refractivity contribution in [1.29, 1.82) is 0 Å². The Kier molecular flexibility index (Phi) is 4.66. The maximum atomic E-state index is 14.5. The van der Waals surface area contributed by atoms with Crippen molar-refractivity contribution < 1.29 is 17.7 Å². The van der Waals surface area contributed by atoms with Gasteiger partial charge in [0.15, 0.2) is 0 Å². The van der Waals surface area contributed by atoms with Crippen LogP contribution in [-0.4, -0.2) is 10.1 Å². The summed E-state index contributed by atoms with van der Waals surface area (Å²) < 4.78 is 47.5. The number of anilines is 1. The summed E-state index contributed by atoms with van der Waals surface area (Å²) in [5.74, 6) is -1.43. The van der Waals surface area contributed by atoms with Crippen molar-refractivity contribution in [2.45, 2.75) is 25.7 Å². The first kappa shape index (κ1) is 18.7. The molecule has 5 rings (SSSR count). The lowest BCUT2D eigenvalue weighted by Gasteiger charge is -2.25. The molecule has 1 fully saturated rings. The van der Waals surface area contributed by atoms with Gasteiger partial charge in [0.1, 0.15) is 23.1 Å². The lowest BCUT2D eigenvalue weighted by Crippen LogP contribution is -2.39. The lowest BCUT2D eigenvalue weighted by molar-refractivity contribution is 0.404. The van der Waals surface area contributed by atoms with E-state index in [-0.39, 0.29) is 29.0 Å². The maximum Gasteiger partial charge on any atom is 0.277 e. The Balaban J connectivity index is 1.58. The summed E-state index contributed by atoms with van der Waals surface area (Å²) in [6, 6.07) is 9.49. The van der Waals surface area contributed by atoms with Crippen molar-refractivity contribution in [3.63, 3.8) is 0 Å². The first-order valence-corrected chi connectivity index (χ1v) is 9.72. The Bertz CT molecular complexity index is 1120. The van der Waals surface area contributed by atoms with Crippen LogP contribution in [0.1, 0.15) is 31.6 Å². The molecular weight excluding hydrogens is 395 g/mol. The van der Waals surface area contributed by atoms with E-state index in [4.69, 9.17) is 4.52 Å². The largest absolute Gasteiger partial charge is 0.332 e. The predicted molar refractivity (Wildman–Crippen MR) is 104 cm³/mol. The number of para-hydroxylation sites is 1. The van der Waals surface area contributed by atoms with Gasteiger partial charge in [0.25, 0.3) is 5.89 Å². The van der Waals surface area contributed by atoms with E-state index < -0.39 is 11.6 Å². The molecular formula is C21H18F3N5O. The van der Waals surface area contributed by atoms with Crippen molar-refractivity contribution in [1.82, 2.24) is 21.1 Å². The molecule has 2 heterocycles. The number of hydrogen-bond acceptors (Lipinski definition) is 6. The highest BCUT2D eigenvalue weighted by atomic mass is 19.1. The van der Waals surface area contributed by atoms with E-state index >= 15 is 0 Å².